The average Bonchev–Trinajstić information content (AvgIpc) is 2.77. The van der Waals surface area contributed by atoms with Crippen molar-refractivity contribution in [1.82, 2.24) is 20.2 Å². The summed E-state index contributed by atoms with van der Waals surface area (Å²) in [6.07, 6.45) is 1.68. The first-order chi connectivity index (χ1) is 8.24. The fraction of sp³-hybridized carbons (Fsp3) is 0. The zero-order chi connectivity index (χ0) is 11.8. The maximum atomic E-state index is 5.85. The molecule has 17 heavy (non-hydrogen) atoms. The van der Waals surface area contributed by atoms with E-state index >= 15 is 0 Å². The molecule has 5 nitrogen and oxygen atoms in total. The normalized spacial score (nSPS) is 10.9. The molecule has 0 bridgehead atoms. The maximum absolute atomic E-state index is 5.85. The molecule has 3 rings (SSSR count). The largest absolute Gasteiger partial charge is 0.368 e. The molecule has 84 valence electrons. The standard InChI is InChI=1S/C11H8ClN5/c12-7-3-1-6(2-4-7)9-8-5-14-17-10(8)16-11(13)15-9/h1-5H,(H3,13,14,15,16,17). The molecule has 2 heterocycles. The molecule has 1 aromatic carbocycles. The average molecular weight is 246 g/mol. The van der Waals surface area contributed by atoms with Crippen molar-refractivity contribution < 1.29 is 0 Å². The number of benzene rings is 1. The number of nitrogens with one attached hydrogen (secondary N) is 1. The van der Waals surface area contributed by atoms with Crippen LogP contribution in [0.2, 0.25) is 5.02 Å². The summed E-state index contributed by atoms with van der Waals surface area (Å²) in [5, 5.41) is 8.23. The highest BCUT2D eigenvalue weighted by molar-refractivity contribution is 6.30. The van der Waals surface area contributed by atoms with Crippen molar-refractivity contribution in [2.45, 2.75) is 0 Å². The maximum Gasteiger partial charge on any atom is 0.222 e. The zero-order valence-electron chi connectivity index (χ0n) is 8.68. The van der Waals surface area contributed by atoms with Gasteiger partial charge < -0.3 is 5.73 Å². The third kappa shape index (κ3) is 1.70. The highest BCUT2D eigenvalue weighted by Gasteiger charge is 2.09. The van der Waals surface area contributed by atoms with Gasteiger partial charge in [-0.1, -0.05) is 23.7 Å². The number of nitrogens with zero attached hydrogens (tertiary/aromatic N) is 3. The van der Waals surface area contributed by atoms with Gasteiger partial charge in [-0.15, -0.1) is 0 Å². The number of hydrogen-bond donors (Lipinski definition) is 2. The molecule has 0 unspecified atom stereocenters. The number of aromatic nitrogens is 4. The summed E-state index contributed by atoms with van der Waals surface area (Å²) >= 11 is 5.85. The van der Waals surface area contributed by atoms with Crippen LogP contribution in [0.25, 0.3) is 22.3 Å². The second-order valence-electron chi connectivity index (χ2n) is 3.57. The molecule has 0 aliphatic rings. The minimum Gasteiger partial charge on any atom is -0.368 e. The lowest BCUT2D eigenvalue weighted by Gasteiger charge is -2.03. The van der Waals surface area contributed by atoms with E-state index < -0.39 is 0 Å². The predicted molar refractivity (Wildman–Crippen MR) is 66.5 cm³/mol. The van der Waals surface area contributed by atoms with Crippen LogP contribution in [0, 0.1) is 0 Å². The lowest BCUT2D eigenvalue weighted by atomic mass is 10.1. The van der Waals surface area contributed by atoms with Crippen LogP contribution in [0.1, 0.15) is 0 Å². The summed E-state index contributed by atoms with van der Waals surface area (Å²) in [5.41, 5.74) is 7.96. The van der Waals surface area contributed by atoms with E-state index in [1.54, 1.807) is 18.3 Å². The molecule has 0 aliphatic carbocycles. The number of nitrogens with two attached hydrogens (primary N) is 1. The summed E-state index contributed by atoms with van der Waals surface area (Å²) in [5.74, 6) is 0.215. The Balaban J connectivity index is 2.28. The number of halogens is 1. The zero-order valence-corrected chi connectivity index (χ0v) is 9.44. The number of fused-ring (bicyclic) bond motifs is 1. The summed E-state index contributed by atoms with van der Waals surface area (Å²) in [6.45, 7) is 0. The summed E-state index contributed by atoms with van der Waals surface area (Å²) < 4.78 is 0. The summed E-state index contributed by atoms with van der Waals surface area (Å²) in [7, 11) is 0. The molecule has 3 aromatic rings. The molecular weight excluding hydrogens is 238 g/mol. The Bertz CT molecular complexity index is 674. The quantitative estimate of drug-likeness (QED) is 0.689. The lowest BCUT2D eigenvalue weighted by molar-refractivity contribution is 1.09. The molecule has 0 atom stereocenters. The van der Waals surface area contributed by atoms with Crippen LogP contribution in [-0.2, 0) is 0 Å². The molecule has 0 spiro atoms. The lowest BCUT2D eigenvalue weighted by Crippen LogP contribution is -1.97. The van der Waals surface area contributed by atoms with E-state index in [1.807, 2.05) is 12.1 Å². The molecular formula is C11H8ClN5. The van der Waals surface area contributed by atoms with Crippen LogP contribution < -0.4 is 5.73 Å². The van der Waals surface area contributed by atoms with Crippen molar-refractivity contribution in [2.24, 2.45) is 0 Å². The second-order valence-corrected chi connectivity index (χ2v) is 4.01. The Morgan fingerprint density at radius 3 is 2.65 bits per heavy atom. The number of H-pyrrole nitrogens is 1. The van der Waals surface area contributed by atoms with Crippen molar-refractivity contribution in [3.8, 4) is 11.3 Å². The van der Waals surface area contributed by atoms with Crippen molar-refractivity contribution >= 4 is 28.6 Å². The van der Waals surface area contributed by atoms with Gasteiger partial charge in [-0.05, 0) is 12.1 Å². The first-order valence-corrected chi connectivity index (χ1v) is 5.34. The van der Waals surface area contributed by atoms with Crippen LogP contribution in [-0.4, -0.2) is 20.2 Å². The first kappa shape index (κ1) is 10.0. The van der Waals surface area contributed by atoms with Gasteiger partial charge in [0.1, 0.15) is 0 Å². The Labute approximate surface area is 102 Å². The fourth-order valence-electron chi connectivity index (χ4n) is 1.68. The Hall–Kier alpha value is -2.14. The molecule has 0 saturated carbocycles. The second kappa shape index (κ2) is 3.71. The minimum absolute atomic E-state index is 0.215. The van der Waals surface area contributed by atoms with Crippen LogP contribution >= 0.6 is 11.6 Å². The highest BCUT2D eigenvalue weighted by Crippen LogP contribution is 2.26. The smallest absolute Gasteiger partial charge is 0.222 e. The van der Waals surface area contributed by atoms with Gasteiger partial charge >= 0.3 is 0 Å². The molecule has 0 aliphatic heterocycles. The minimum atomic E-state index is 0.215. The third-order valence-corrected chi connectivity index (χ3v) is 2.70. The van der Waals surface area contributed by atoms with Crippen molar-refractivity contribution in [1.29, 1.82) is 0 Å². The van der Waals surface area contributed by atoms with Crippen LogP contribution in [0.4, 0.5) is 5.95 Å². The predicted octanol–water partition coefficient (Wildman–Crippen LogP) is 2.26. The van der Waals surface area contributed by atoms with Crippen molar-refractivity contribution in [2.75, 3.05) is 5.73 Å². The Morgan fingerprint density at radius 1 is 1.12 bits per heavy atom. The van der Waals surface area contributed by atoms with Gasteiger partial charge in [0.25, 0.3) is 0 Å². The number of hydrogen-bond acceptors (Lipinski definition) is 4. The molecule has 3 N–H and O–H groups in total. The van der Waals surface area contributed by atoms with Crippen molar-refractivity contribution in [3.63, 3.8) is 0 Å². The van der Waals surface area contributed by atoms with E-state index in [9.17, 15) is 0 Å². The molecule has 2 aromatic heterocycles. The molecule has 0 radical (unpaired) electrons. The third-order valence-electron chi connectivity index (χ3n) is 2.44. The van der Waals surface area contributed by atoms with Gasteiger partial charge in [-0.25, -0.2) is 4.98 Å². The van der Waals surface area contributed by atoms with E-state index in [0.717, 1.165) is 16.6 Å². The number of aromatic amines is 1. The summed E-state index contributed by atoms with van der Waals surface area (Å²) in [6, 6.07) is 7.38. The van der Waals surface area contributed by atoms with Crippen LogP contribution in [0.15, 0.2) is 30.5 Å². The number of nitrogen functional groups attached to an aromatic ring is 1. The Morgan fingerprint density at radius 2 is 1.88 bits per heavy atom. The van der Waals surface area contributed by atoms with E-state index in [-0.39, 0.29) is 5.95 Å². The van der Waals surface area contributed by atoms with Gasteiger partial charge in [0.05, 0.1) is 17.3 Å². The van der Waals surface area contributed by atoms with Gasteiger partial charge in [-0.2, -0.15) is 10.1 Å². The van der Waals surface area contributed by atoms with E-state index in [1.165, 1.54) is 0 Å². The molecule has 0 saturated heterocycles. The van der Waals surface area contributed by atoms with Crippen molar-refractivity contribution in [3.05, 3.63) is 35.5 Å². The van der Waals surface area contributed by atoms with E-state index in [0.29, 0.717) is 10.7 Å². The Kier molecular flexibility index (Phi) is 2.19. The fourth-order valence-corrected chi connectivity index (χ4v) is 1.81. The van der Waals surface area contributed by atoms with E-state index in [4.69, 9.17) is 17.3 Å². The summed E-state index contributed by atoms with van der Waals surface area (Å²) in [4.78, 5) is 8.30. The molecule has 0 fully saturated rings. The van der Waals surface area contributed by atoms with Gasteiger partial charge in [-0.3, -0.25) is 5.10 Å². The monoisotopic (exact) mass is 245 g/mol. The number of rotatable bonds is 1. The SMILES string of the molecule is Nc1nc(-c2ccc(Cl)cc2)c2cn[nH]c2n1. The van der Waals surface area contributed by atoms with E-state index in [2.05, 4.69) is 20.2 Å². The number of anilines is 1. The highest BCUT2D eigenvalue weighted by atomic mass is 35.5. The molecule has 6 heteroatoms. The first-order valence-electron chi connectivity index (χ1n) is 4.96. The van der Waals surface area contributed by atoms with Gasteiger partial charge in [0.2, 0.25) is 5.95 Å². The topological polar surface area (TPSA) is 80.5 Å². The molecule has 0 amide bonds. The van der Waals surface area contributed by atoms with Gasteiger partial charge in [0.15, 0.2) is 5.65 Å². The van der Waals surface area contributed by atoms with Crippen LogP contribution in [0.3, 0.4) is 0 Å². The van der Waals surface area contributed by atoms with Gasteiger partial charge in [0, 0.05) is 10.6 Å². The van der Waals surface area contributed by atoms with Crippen LogP contribution in [0.5, 0.6) is 0 Å².